The maximum atomic E-state index is 14.6. The molecule has 0 aliphatic rings. The maximum Gasteiger partial charge on any atom is 0.416 e. The molecule has 15 aromatic rings. The Kier molecular flexibility index (Phi) is 9.63. The van der Waals surface area contributed by atoms with Crippen LogP contribution in [0.3, 0.4) is 0 Å². The molecule has 0 unspecified atom stereocenters. The first-order chi connectivity index (χ1) is 37.7. The van der Waals surface area contributed by atoms with Crippen LogP contribution in [0.15, 0.2) is 237 Å². The second-order valence-electron chi connectivity index (χ2n) is 20.0. The number of para-hydroxylation sites is 6. The van der Waals surface area contributed by atoms with Gasteiger partial charge in [0, 0.05) is 60.0 Å². The normalized spacial score (nSPS) is 12.1. The number of alkyl halides is 3. The fraction of sp³-hybridized carbons (Fsp3) is 0.0290. The Hall–Kier alpha value is -10.1. The van der Waals surface area contributed by atoms with Gasteiger partial charge in [0.05, 0.1) is 67.6 Å². The summed E-state index contributed by atoms with van der Waals surface area (Å²) in [5.41, 5.74) is 14.9. The van der Waals surface area contributed by atoms with E-state index in [4.69, 9.17) is 6.57 Å². The maximum absolute atomic E-state index is 14.6. The third kappa shape index (κ3) is 6.73. The van der Waals surface area contributed by atoms with Crippen LogP contribution in [0.5, 0.6) is 0 Å². The molecule has 77 heavy (non-hydrogen) atoms. The van der Waals surface area contributed by atoms with E-state index in [1.54, 1.807) is 6.92 Å². The van der Waals surface area contributed by atoms with Crippen molar-refractivity contribution in [2.24, 2.45) is 0 Å². The number of aromatic nitrogens is 4. The molecule has 0 radical (unpaired) electrons. The molecule has 0 saturated heterocycles. The van der Waals surface area contributed by atoms with E-state index in [9.17, 15) is 13.2 Å². The summed E-state index contributed by atoms with van der Waals surface area (Å²) in [5, 5.41) is 8.89. The predicted octanol–water partition coefficient (Wildman–Crippen LogP) is 19.3. The van der Waals surface area contributed by atoms with E-state index < -0.39 is 11.7 Å². The minimum absolute atomic E-state index is 0.455. The lowest BCUT2D eigenvalue weighted by Crippen LogP contribution is -2.05. The fourth-order valence-electron chi connectivity index (χ4n) is 12.4. The van der Waals surface area contributed by atoms with Crippen molar-refractivity contribution in [2.75, 3.05) is 0 Å². The van der Waals surface area contributed by atoms with E-state index in [1.807, 2.05) is 54.6 Å². The molecule has 4 aromatic heterocycles. The number of halogens is 3. The lowest BCUT2D eigenvalue weighted by Gasteiger charge is -2.20. The molecule has 0 spiro atoms. The molecule has 0 aliphatic heterocycles. The van der Waals surface area contributed by atoms with Crippen molar-refractivity contribution in [3.8, 4) is 45.0 Å². The van der Waals surface area contributed by atoms with Gasteiger partial charge < -0.3 is 18.3 Å². The van der Waals surface area contributed by atoms with Crippen LogP contribution < -0.4 is 0 Å². The van der Waals surface area contributed by atoms with Crippen LogP contribution in [-0.4, -0.2) is 18.3 Å². The highest BCUT2D eigenvalue weighted by Gasteiger charge is 2.31. The molecule has 5 nitrogen and oxygen atoms in total. The number of nitrogens with zero attached hydrogens (tertiary/aromatic N) is 5. The van der Waals surface area contributed by atoms with Crippen molar-refractivity contribution in [3.63, 3.8) is 0 Å². The van der Waals surface area contributed by atoms with Gasteiger partial charge in [-0.3, -0.25) is 0 Å². The molecule has 0 amide bonds. The van der Waals surface area contributed by atoms with E-state index in [0.717, 1.165) is 99.6 Å². The molecule has 0 atom stereocenters. The summed E-state index contributed by atoms with van der Waals surface area (Å²) in [6, 6.07) is 80.1. The lowest BCUT2D eigenvalue weighted by molar-refractivity contribution is -0.137. The molecule has 0 fully saturated rings. The molecule has 4 heterocycles. The van der Waals surface area contributed by atoms with Crippen LogP contribution in [0.2, 0.25) is 0 Å². The van der Waals surface area contributed by atoms with Crippen molar-refractivity contribution < 1.29 is 13.2 Å². The second-order valence-corrected chi connectivity index (χ2v) is 20.0. The fourth-order valence-corrected chi connectivity index (χ4v) is 12.4. The molecule has 8 heteroatoms. The predicted molar refractivity (Wildman–Crippen MR) is 311 cm³/mol. The Balaban J connectivity index is 1.00. The largest absolute Gasteiger partial charge is 0.416 e. The van der Waals surface area contributed by atoms with Gasteiger partial charge in [-0.25, -0.2) is 4.85 Å². The number of fused-ring (bicyclic) bond motifs is 12. The first-order valence-corrected chi connectivity index (χ1v) is 25.6. The van der Waals surface area contributed by atoms with Crippen LogP contribution in [0, 0.1) is 13.5 Å². The summed E-state index contributed by atoms with van der Waals surface area (Å²) in [6.45, 7) is 10.1. The summed E-state index contributed by atoms with van der Waals surface area (Å²) >= 11 is 0. The minimum Gasteiger partial charge on any atom is -0.309 e. The van der Waals surface area contributed by atoms with Crippen LogP contribution in [0.1, 0.15) is 11.1 Å². The average molecular weight is 998 g/mol. The summed E-state index contributed by atoms with van der Waals surface area (Å²) in [5.74, 6) is 0. The van der Waals surface area contributed by atoms with Crippen molar-refractivity contribution in [3.05, 3.63) is 259 Å². The first-order valence-electron chi connectivity index (χ1n) is 25.6. The number of hydrogen-bond donors (Lipinski definition) is 0. The third-order valence-corrected chi connectivity index (χ3v) is 15.6. The Morgan fingerprint density at radius 3 is 1.21 bits per heavy atom. The van der Waals surface area contributed by atoms with Gasteiger partial charge in [-0.1, -0.05) is 133 Å². The van der Waals surface area contributed by atoms with E-state index in [-0.39, 0.29) is 0 Å². The van der Waals surface area contributed by atoms with Crippen LogP contribution in [0.25, 0.3) is 137 Å². The lowest BCUT2D eigenvalue weighted by atomic mass is 9.94. The number of benzene rings is 11. The first kappa shape index (κ1) is 44.4. The number of aryl methyl sites for hydroxylation is 1. The topological polar surface area (TPSA) is 24.1 Å². The highest BCUT2D eigenvalue weighted by molar-refractivity contribution is 6.15. The third-order valence-electron chi connectivity index (χ3n) is 15.6. The number of hydrogen-bond acceptors (Lipinski definition) is 0. The molecule has 11 aromatic carbocycles. The van der Waals surface area contributed by atoms with Crippen molar-refractivity contribution in [2.45, 2.75) is 13.1 Å². The van der Waals surface area contributed by atoms with Gasteiger partial charge in [0.15, 0.2) is 5.69 Å². The minimum atomic E-state index is -4.54. The monoisotopic (exact) mass is 997 g/mol. The highest BCUT2D eigenvalue weighted by atomic mass is 19.4. The van der Waals surface area contributed by atoms with Crippen LogP contribution in [0.4, 0.5) is 18.9 Å². The van der Waals surface area contributed by atoms with E-state index in [0.29, 0.717) is 22.4 Å². The zero-order valence-corrected chi connectivity index (χ0v) is 41.4. The van der Waals surface area contributed by atoms with Crippen LogP contribution in [-0.2, 0) is 6.18 Å². The van der Waals surface area contributed by atoms with Crippen molar-refractivity contribution in [1.82, 2.24) is 18.3 Å². The summed E-state index contributed by atoms with van der Waals surface area (Å²) in [7, 11) is 0. The van der Waals surface area contributed by atoms with Gasteiger partial charge in [-0.05, 0) is 132 Å². The highest BCUT2D eigenvalue weighted by Crippen LogP contribution is 2.46. The van der Waals surface area contributed by atoms with Crippen LogP contribution >= 0.6 is 0 Å². The molecule has 0 N–H and O–H groups in total. The summed E-state index contributed by atoms with van der Waals surface area (Å²) in [4.78, 5) is 3.99. The molecular weight excluding hydrogens is 956 g/mol. The zero-order valence-electron chi connectivity index (χ0n) is 41.4. The average Bonchev–Trinajstić information content (AvgIpc) is 4.35. The molecule has 15 rings (SSSR count). The Bertz CT molecular complexity index is 4910. The molecule has 0 saturated carbocycles. The van der Waals surface area contributed by atoms with Gasteiger partial charge in [-0.15, -0.1) is 0 Å². The van der Waals surface area contributed by atoms with Gasteiger partial charge in [0.2, 0.25) is 0 Å². The van der Waals surface area contributed by atoms with E-state index >= 15 is 0 Å². The second kappa shape index (κ2) is 16.7. The smallest absolute Gasteiger partial charge is 0.309 e. The van der Waals surface area contributed by atoms with E-state index in [2.05, 4.69) is 193 Å². The van der Waals surface area contributed by atoms with Gasteiger partial charge in [0.25, 0.3) is 0 Å². The summed E-state index contributed by atoms with van der Waals surface area (Å²) in [6.07, 6.45) is -4.54. The van der Waals surface area contributed by atoms with Gasteiger partial charge >= 0.3 is 6.18 Å². The standard InChI is InChI=1S/C69H42F3N5/c1-42-35-44(37-45(36-42)69(70,71)72)43-27-31-55(68(38-43)77-64-26-14-8-20-54(64)58-41-48(30-34-67(58)77)75-61-23-11-5-17-51(61)52-18-6-12-24-62(52)75)56-39-46(73-2)28-32-65(56)76-63-25-13-7-19-53(63)57-40-47(29-33-66(57)76)74-59-21-9-3-15-49(59)50-16-4-10-22-60(50)74/h3-41H,1H3. The molecule has 0 aliphatic carbocycles. The Labute approximate surface area is 439 Å². The van der Waals surface area contributed by atoms with Gasteiger partial charge in [-0.2, -0.15) is 13.2 Å². The summed E-state index contributed by atoms with van der Waals surface area (Å²) < 4.78 is 52.9. The van der Waals surface area contributed by atoms with Crippen molar-refractivity contribution >= 4 is 92.9 Å². The number of rotatable bonds is 6. The van der Waals surface area contributed by atoms with Crippen molar-refractivity contribution in [1.29, 1.82) is 0 Å². The molecule has 364 valence electrons. The van der Waals surface area contributed by atoms with E-state index in [1.165, 1.54) is 33.7 Å². The Morgan fingerprint density at radius 1 is 0.338 bits per heavy atom. The molecule has 0 bridgehead atoms. The molecular formula is C69H42F3N5. The quantitative estimate of drug-likeness (QED) is 0.148. The SMILES string of the molecule is [C-]#[N+]c1ccc(-n2c3ccccc3c3cc(-n4c5ccccc5c5ccccc54)ccc32)c(-c2ccc(-c3cc(C)cc(C(F)(F)F)c3)cc2-n2c3ccccc3c3cc(-n4c5ccccc5c5ccccc54)ccc32)c1. The Morgan fingerprint density at radius 2 is 0.753 bits per heavy atom. The van der Waals surface area contributed by atoms with Gasteiger partial charge in [0.1, 0.15) is 0 Å². The zero-order chi connectivity index (χ0) is 51.7.